The largest absolute Gasteiger partial charge is 0.199 e. The lowest BCUT2D eigenvalue weighted by atomic mass is 9.88. The van der Waals surface area contributed by atoms with Crippen molar-refractivity contribution in [1.29, 1.82) is 0 Å². The van der Waals surface area contributed by atoms with E-state index in [1.165, 1.54) is 11.1 Å². The lowest BCUT2D eigenvalue weighted by molar-refractivity contribution is 0.409. The lowest BCUT2D eigenvalue weighted by Crippen LogP contribution is -2.04. The van der Waals surface area contributed by atoms with E-state index >= 15 is 0 Å². The summed E-state index contributed by atoms with van der Waals surface area (Å²) in [7, 11) is 0. The van der Waals surface area contributed by atoms with Crippen molar-refractivity contribution in [2.45, 2.75) is 60.8 Å². The maximum Gasteiger partial charge on any atom is -0.0349 e. The Morgan fingerprint density at radius 3 is 2.12 bits per heavy atom. The summed E-state index contributed by atoms with van der Waals surface area (Å²) < 4.78 is 0. The summed E-state index contributed by atoms with van der Waals surface area (Å²) in [6.07, 6.45) is 10.0. The number of hydrogen-bond donors (Lipinski definition) is 0. The summed E-state index contributed by atoms with van der Waals surface area (Å²) in [5.41, 5.74) is 4.29. The number of hydrogen-bond acceptors (Lipinski definition) is 0. The first-order valence-electron chi connectivity index (χ1n) is 6.68. The Balaban J connectivity index is 4.48. The second kappa shape index (κ2) is 7.42. The lowest BCUT2D eigenvalue weighted by Gasteiger charge is -2.22. The Kier molecular flexibility index (Phi) is 7.03. The summed E-state index contributed by atoms with van der Waals surface area (Å²) >= 11 is 0. The average molecular weight is 233 g/mol. The Hall–Kier alpha value is -0.910. The first-order valence-corrected chi connectivity index (χ1v) is 6.68. The molecule has 0 bridgehead atoms. The highest BCUT2D eigenvalue weighted by Crippen LogP contribution is 2.23. The minimum atomic E-state index is 0.346. The molecule has 0 fully saturated rings. The number of rotatable bonds is 6. The summed E-state index contributed by atoms with van der Waals surface area (Å²) in [6, 6.07) is 0. The Morgan fingerprint density at radius 2 is 1.71 bits per heavy atom. The molecule has 0 aromatic heterocycles. The highest BCUT2D eigenvalue weighted by molar-refractivity contribution is 5.34. The summed E-state index contributed by atoms with van der Waals surface area (Å²) in [5, 5.41) is 0. The van der Waals surface area contributed by atoms with Gasteiger partial charge in [0.05, 0.1) is 0 Å². The van der Waals surface area contributed by atoms with Gasteiger partial charge in [0.15, 0.2) is 0 Å². The van der Waals surface area contributed by atoms with Crippen LogP contribution in [0.5, 0.6) is 0 Å². The number of allylic oxidation sites excluding steroid dienone is 5. The molecule has 0 N–H and O–H groups in total. The summed E-state index contributed by atoms with van der Waals surface area (Å²) in [5.74, 6) is 0. The van der Waals surface area contributed by atoms with E-state index in [9.17, 15) is 0 Å². The van der Waals surface area contributed by atoms with Gasteiger partial charge in [-0.2, -0.15) is 24.6 Å². The van der Waals surface area contributed by atoms with Crippen molar-refractivity contribution >= 4 is 0 Å². The zero-order valence-corrected chi connectivity index (χ0v) is 12.6. The van der Waals surface area contributed by atoms with E-state index in [-0.39, 0.29) is 0 Å². The second-order valence-corrected chi connectivity index (χ2v) is 5.96. The Bertz CT molecular complexity index is 294. The molecular formula is C17H29-. The zero-order valence-electron chi connectivity index (χ0n) is 12.6. The molecule has 0 nitrogen and oxygen atoms in total. The molecule has 0 atom stereocenters. The third-order valence-corrected chi connectivity index (χ3v) is 2.75. The smallest absolute Gasteiger partial charge is 0.0349 e. The van der Waals surface area contributed by atoms with E-state index in [0.717, 1.165) is 24.8 Å². The van der Waals surface area contributed by atoms with Crippen molar-refractivity contribution < 1.29 is 0 Å². The van der Waals surface area contributed by atoms with Gasteiger partial charge in [-0.15, -0.1) is 5.57 Å². The van der Waals surface area contributed by atoms with Gasteiger partial charge in [0.2, 0.25) is 0 Å². The van der Waals surface area contributed by atoms with Crippen LogP contribution in [0.4, 0.5) is 0 Å². The van der Waals surface area contributed by atoms with Crippen LogP contribution in [0.3, 0.4) is 0 Å². The van der Waals surface area contributed by atoms with E-state index < -0.39 is 0 Å². The Morgan fingerprint density at radius 1 is 1.12 bits per heavy atom. The van der Waals surface area contributed by atoms with Crippen LogP contribution in [0.15, 0.2) is 35.5 Å². The van der Waals surface area contributed by atoms with Gasteiger partial charge in [-0.05, 0) is 25.2 Å². The monoisotopic (exact) mass is 233 g/mol. The van der Waals surface area contributed by atoms with Gasteiger partial charge in [0.1, 0.15) is 0 Å². The molecule has 0 spiro atoms. The van der Waals surface area contributed by atoms with Crippen molar-refractivity contribution in [2.75, 3.05) is 0 Å². The quantitative estimate of drug-likeness (QED) is 0.397. The van der Waals surface area contributed by atoms with Gasteiger partial charge in [0.25, 0.3) is 0 Å². The van der Waals surface area contributed by atoms with Crippen LogP contribution in [0.1, 0.15) is 60.8 Å². The molecule has 0 aliphatic heterocycles. The SMILES string of the molecule is C=C(/C=C(\C=C(/C)CC)CC)[CH-]CC(C)(C)C. The van der Waals surface area contributed by atoms with Gasteiger partial charge in [-0.1, -0.05) is 52.7 Å². The van der Waals surface area contributed by atoms with Crippen LogP contribution in [0.25, 0.3) is 0 Å². The minimum Gasteiger partial charge on any atom is -0.199 e. The van der Waals surface area contributed by atoms with Gasteiger partial charge in [0, 0.05) is 0 Å². The van der Waals surface area contributed by atoms with Gasteiger partial charge >= 0.3 is 0 Å². The molecule has 0 amide bonds. The van der Waals surface area contributed by atoms with Crippen molar-refractivity contribution in [1.82, 2.24) is 0 Å². The highest BCUT2D eigenvalue weighted by Gasteiger charge is 2.06. The molecule has 0 saturated carbocycles. The molecule has 98 valence electrons. The van der Waals surface area contributed by atoms with E-state index in [4.69, 9.17) is 0 Å². The minimum absolute atomic E-state index is 0.346. The first-order chi connectivity index (χ1) is 7.78. The molecule has 0 aliphatic rings. The molecule has 17 heavy (non-hydrogen) atoms. The van der Waals surface area contributed by atoms with Gasteiger partial charge in [-0.3, -0.25) is 0 Å². The first kappa shape index (κ1) is 16.1. The fourth-order valence-electron chi connectivity index (χ4n) is 1.40. The molecule has 0 heteroatoms. The van der Waals surface area contributed by atoms with E-state index in [1.54, 1.807) is 0 Å². The van der Waals surface area contributed by atoms with Crippen LogP contribution in [0, 0.1) is 11.8 Å². The summed E-state index contributed by atoms with van der Waals surface area (Å²) in [4.78, 5) is 0. The fourth-order valence-corrected chi connectivity index (χ4v) is 1.40. The predicted octanol–water partition coefficient (Wildman–Crippen LogP) is 5.88. The van der Waals surface area contributed by atoms with Gasteiger partial charge < -0.3 is 0 Å². The second-order valence-electron chi connectivity index (χ2n) is 5.96. The van der Waals surface area contributed by atoms with Crippen molar-refractivity contribution in [2.24, 2.45) is 5.41 Å². The molecule has 0 aromatic carbocycles. The molecule has 0 radical (unpaired) electrons. The molecule has 0 aliphatic carbocycles. The van der Waals surface area contributed by atoms with Crippen molar-refractivity contribution in [3.05, 3.63) is 41.9 Å². The average Bonchev–Trinajstić information content (AvgIpc) is 2.24. The highest BCUT2D eigenvalue weighted by atomic mass is 14.1. The van der Waals surface area contributed by atoms with Crippen molar-refractivity contribution in [3.63, 3.8) is 0 Å². The van der Waals surface area contributed by atoms with E-state index in [0.29, 0.717) is 5.41 Å². The Labute approximate surface area is 109 Å². The topological polar surface area (TPSA) is 0 Å². The van der Waals surface area contributed by atoms with Crippen LogP contribution in [-0.2, 0) is 0 Å². The third-order valence-electron chi connectivity index (χ3n) is 2.75. The van der Waals surface area contributed by atoms with Crippen molar-refractivity contribution in [3.8, 4) is 0 Å². The normalized spacial score (nSPS) is 13.8. The molecule has 0 heterocycles. The van der Waals surface area contributed by atoms with Gasteiger partial charge in [-0.25, -0.2) is 0 Å². The third kappa shape index (κ3) is 8.85. The summed E-state index contributed by atoms with van der Waals surface area (Å²) in [6.45, 7) is 17.5. The maximum absolute atomic E-state index is 4.12. The van der Waals surface area contributed by atoms with E-state index in [1.807, 2.05) is 0 Å². The fraction of sp³-hybridized carbons (Fsp3) is 0.588. The predicted molar refractivity (Wildman–Crippen MR) is 79.9 cm³/mol. The standard InChI is InChI=1S/C17H29/c1-8-14(3)12-16(9-2)13-15(4)10-11-17(5,6)7/h10,12-13H,4,8-9,11H2,1-3,5-7H3/q-1/b14-12+,16-13-. The van der Waals surface area contributed by atoms with E-state index in [2.05, 4.69) is 66.7 Å². The zero-order chi connectivity index (χ0) is 13.5. The molecule has 0 aromatic rings. The van der Waals surface area contributed by atoms with Crippen LogP contribution in [-0.4, -0.2) is 0 Å². The van der Waals surface area contributed by atoms with Crippen LogP contribution < -0.4 is 0 Å². The molecular weight excluding hydrogens is 204 g/mol. The van der Waals surface area contributed by atoms with Crippen LogP contribution in [0.2, 0.25) is 0 Å². The maximum atomic E-state index is 4.12. The molecule has 0 saturated heterocycles. The molecule has 0 rings (SSSR count). The molecule has 0 unspecified atom stereocenters. The van der Waals surface area contributed by atoms with Crippen LogP contribution >= 0.6 is 0 Å².